The predicted octanol–water partition coefficient (Wildman–Crippen LogP) is 2.58. The highest BCUT2D eigenvalue weighted by atomic mass is 32.2. The van der Waals surface area contributed by atoms with Crippen molar-refractivity contribution in [3.05, 3.63) is 33.8 Å². The van der Waals surface area contributed by atoms with Gasteiger partial charge in [-0.25, -0.2) is 4.98 Å². The van der Waals surface area contributed by atoms with Gasteiger partial charge < -0.3 is 11.1 Å². The van der Waals surface area contributed by atoms with Gasteiger partial charge in [0.15, 0.2) is 0 Å². The number of carbonyl (C=O) groups excluding carboxylic acids is 2. The number of nitrogens with zero attached hydrogens (tertiary/aromatic N) is 3. The van der Waals surface area contributed by atoms with E-state index in [0.29, 0.717) is 16.3 Å². The molecule has 26 heavy (non-hydrogen) atoms. The normalized spacial score (nSPS) is 12.1. The maximum atomic E-state index is 12.6. The van der Waals surface area contributed by atoms with E-state index in [1.165, 1.54) is 11.8 Å². The molecule has 0 aliphatic carbocycles. The Labute approximate surface area is 157 Å². The molecule has 0 saturated heterocycles. The fraction of sp³-hybridized carbons (Fsp3) is 0.444. The smallest absolute Gasteiger partial charge is 0.251 e. The Hall–Kier alpha value is -2.35. The van der Waals surface area contributed by atoms with Crippen molar-refractivity contribution < 1.29 is 9.59 Å². The van der Waals surface area contributed by atoms with Crippen LogP contribution >= 0.6 is 11.8 Å². The highest BCUT2D eigenvalue weighted by Crippen LogP contribution is 2.30. The largest absolute Gasteiger partial charge is 0.366 e. The number of pyridine rings is 1. The highest BCUT2D eigenvalue weighted by molar-refractivity contribution is 8.00. The summed E-state index contributed by atoms with van der Waals surface area (Å²) in [7, 11) is 1.83. The molecule has 2 amide bonds. The minimum Gasteiger partial charge on any atom is -0.366 e. The number of nitrogens with one attached hydrogen (secondary N) is 1. The molecule has 1 atom stereocenters. The molecule has 0 aliphatic heterocycles. The number of carbonyl (C=O) groups is 2. The number of aryl methyl sites for hydroxylation is 3. The van der Waals surface area contributed by atoms with Crippen LogP contribution in [0.25, 0.3) is 0 Å². The molecule has 140 valence electrons. The van der Waals surface area contributed by atoms with Crippen molar-refractivity contribution in [2.45, 2.75) is 51.8 Å². The molecule has 2 aromatic heterocycles. The van der Waals surface area contributed by atoms with Gasteiger partial charge in [-0.2, -0.15) is 5.10 Å². The van der Waals surface area contributed by atoms with Crippen LogP contribution in [-0.2, 0) is 11.8 Å². The molecule has 0 radical (unpaired) electrons. The molecule has 0 aliphatic rings. The molecule has 8 heteroatoms. The van der Waals surface area contributed by atoms with Crippen molar-refractivity contribution in [2.75, 3.05) is 5.32 Å². The van der Waals surface area contributed by atoms with Crippen LogP contribution in [0.15, 0.2) is 5.03 Å². The molecule has 7 nitrogen and oxygen atoms in total. The van der Waals surface area contributed by atoms with Crippen LogP contribution in [0.1, 0.15) is 45.5 Å². The molecule has 0 aromatic carbocycles. The minimum absolute atomic E-state index is 0.178. The van der Waals surface area contributed by atoms with Gasteiger partial charge in [-0.15, -0.1) is 0 Å². The van der Waals surface area contributed by atoms with Gasteiger partial charge >= 0.3 is 0 Å². The molecule has 0 bridgehead atoms. The Kier molecular flexibility index (Phi) is 5.75. The maximum Gasteiger partial charge on any atom is 0.251 e. The first kappa shape index (κ1) is 20.0. The molecule has 1 unspecified atom stereocenters. The fourth-order valence-corrected chi connectivity index (χ4v) is 3.75. The van der Waals surface area contributed by atoms with E-state index < -0.39 is 11.2 Å². The number of amides is 2. The summed E-state index contributed by atoms with van der Waals surface area (Å²) in [5.41, 5.74) is 10.8. The van der Waals surface area contributed by atoms with Crippen LogP contribution in [0.3, 0.4) is 0 Å². The lowest BCUT2D eigenvalue weighted by Crippen LogP contribution is -2.24. The van der Waals surface area contributed by atoms with Gasteiger partial charge in [-0.3, -0.25) is 14.3 Å². The van der Waals surface area contributed by atoms with E-state index in [4.69, 9.17) is 5.73 Å². The predicted molar refractivity (Wildman–Crippen MR) is 104 cm³/mol. The first-order valence-corrected chi connectivity index (χ1v) is 9.17. The van der Waals surface area contributed by atoms with Crippen LogP contribution in [0, 0.1) is 34.6 Å². The Morgan fingerprint density at radius 3 is 2.23 bits per heavy atom. The number of hydrogen-bond donors (Lipinski definition) is 2. The zero-order chi connectivity index (χ0) is 19.8. The van der Waals surface area contributed by atoms with Gasteiger partial charge in [0.1, 0.15) is 5.03 Å². The third kappa shape index (κ3) is 3.75. The number of rotatable bonds is 5. The first-order chi connectivity index (χ1) is 12.0. The van der Waals surface area contributed by atoms with Gasteiger partial charge in [0.05, 0.1) is 27.9 Å². The summed E-state index contributed by atoms with van der Waals surface area (Å²) in [5.74, 6) is -0.713. The summed E-state index contributed by atoms with van der Waals surface area (Å²) in [4.78, 5) is 29.0. The van der Waals surface area contributed by atoms with Gasteiger partial charge in [0.2, 0.25) is 5.91 Å². The minimum atomic E-state index is -0.535. The van der Waals surface area contributed by atoms with Crippen LogP contribution in [0.4, 0.5) is 5.69 Å². The lowest BCUT2D eigenvalue weighted by molar-refractivity contribution is -0.115. The second-order valence-corrected chi connectivity index (χ2v) is 7.74. The molecule has 3 N–H and O–H groups in total. The summed E-state index contributed by atoms with van der Waals surface area (Å²) in [6.45, 7) is 11.2. The number of aromatic nitrogens is 3. The molecule has 0 saturated carbocycles. The van der Waals surface area contributed by atoms with Crippen LogP contribution in [0.5, 0.6) is 0 Å². The zero-order valence-electron chi connectivity index (χ0n) is 16.2. The van der Waals surface area contributed by atoms with Crippen molar-refractivity contribution in [1.82, 2.24) is 14.8 Å². The third-order valence-corrected chi connectivity index (χ3v) is 5.71. The molecule has 0 fully saturated rings. The Morgan fingerprint density at radius 2 is 1.73 bits per heavy atom. The van der Waals surface area contributed by atoms with E-state index in [1.54, 1.807) is 11.6 Å². The Morgan fingerprint density at radius 1 is 1.12 bits per heavy atom. The number of thioether (sulfide) groups is 1. The van der Waals surface area contributed by atoms with Crippen molar-refractivity contribution in [2.24, 2.45) is 12.8 Å². The number of nitrogens with two attached hydrogens (primary N) is 1. The first-order valence-electron chi connectivity index (χ1n) is 8.29. The number of hydrogen-bond acceptors (Lipinski definition) is 5. The topological polar surface area (TPSA) is 103 Å². The summed E-state index contributed by atoms with van der Waals surface area (Å²) < 4.78 is 1.72. The quantitative estimate of drug-likeness (QED) is 0.782. The van der Waals surface area contributed by atoms with E-state index in [1.807, 2.05) is 41.7 Å². The van der Waals surface area contributed by atoms with E-state index in [2.05, 4.69) is 15.4 Å². The van der Waals surface area contributed by atoms with Crippen LogP contribution < -0.4 is 11.1 Å². The van der Waals surface area contributed by atoms with E-state index in [0.717, 1.165) is 28.2 Å². The van der Waals surface area contributed by atoms with Gasteiger partial charge in [-0.1, -0.05) is 11.8 Å². The van der Waals surface area contributed by atoms with Gasteiger partial charge in [0.25, 0.3) is 5.91 Å². The number of primary amides is 1. The fourth-order valence-electron chi connectivity index (χ4n) is 2.69. The van der Waals surface area contributed by atoms with Crippen LogP contribution in [-0.4, -0.2) is 31.8 Å². The molecule has 0 spiro atoms. The summed E-state index contributed by atoms with van der Waals surface area (Å²) in [6.07, 6.45) is 0. The van der Waals surface area contributed by atoms with Crippen molar-refractivity contribution in [3.8, 4) is 0 Å². The second-order valence-electron chi connectivity index (χ2n) is 6.41. The zero-order valence-corrected chi connectivity index (χ0v) is 17.0. The standard InChI is InChI=1S/C18H25N5O2S/c1-8-9(2)14(16(19)24)18(20-10(8)3)26-13(6)17(25)21-15-11(4)22-23(7)12(15)5/h13H,1-7H3,(H2,19,24)(H,21,25). The third-order valence-electron chi connectivity index (χ3n) is 4.62. The monoisotopic (exact) mass is 375 g/mol. The summed E-state index contributed by atoms with van der Waals surface area (Å²) >= 11 is 1.23. The van der Waals surface area contributed by atoms with E-state index in [9.17, 15) is 9.59 Å². The SMILES string of the molecule is Cc1nc(SC(C)C(=O)Nc2c(C)nn(C)c2C)c(C(N)=O)c(C)c1C. The number of anilines is 1. The Balaban J connectivity index is 2.28. The van der Waals surface area contributed by atoms with Crippen molar-refractivity contribution in [3.63, 3.8) is 0 Å². The Bertz CT molecular complexity index is 888. The molecule has 2 heterocycles. The maximum absolute atomic E-state index is 12.6. The van der Waals surface area contributed by atoms with Crippen molar-refractivity contribution >= 4 is 29.3 Å². The highest BCUT2D eigenvalue weighted by Gasteiger charge is 2.23. The molecular formula is C18H25N5O2S. The van der Waals surface area contributed by atoms with E-state index in [-0.39, 0.29) is 5.91 Å². The molecule has 2 aromatic rings. The second kappa shape index (κ2) is 7.49. The molecule has 2 rings (SSSR count). The average Bonchev–Trinajstić information content (AvgIpc) is 2.78. The average molecular weight is 375 g/mol. The van der Waals surface area contributed by atoms with Gasteiger partial charge in [0, 0.05) is 12.7 Å². The summed E-state index contributed by atoms with van der Waals surface area (Å²) in [5, 5.41) is 7.25. The molecular weight excluding hydrogens is 350 g/mol. The van der Waals surface area contributed by atoms with Gasteiger partial charge in [-0.05, 0) is 52.7 Å². The van der Waals surface area contributed by atoms with Crippen molar-refractivity contribution in [1.29, 1.82) is 0 Å². The van der Waals surface area contributed by atoms with Crippen LogP contribution in [0.2, 0.25) is 0 Å². The lowest BCUT2D eigenvalue weighted by atomic mass is 10.0. The van der Waals surface area contributed by atoms with E-state index >= 15 is 0 Å². The summed E-state index contributed by atoms with van der Waals surface area (Å²) in [6, 6.07) is 0. The lowest BCUT2D eigenvalue weighted by Gasteiger charge is -2.16.